The molecule has 4 N–H and O–H groups in total. The summed E-state index contributed by atoms with van der Waals surface area (Å²) in [6.07, 6.45) is 4.91. The number of aromatic amines is 3. The molecule has 208 valence electrons. The van der Waals surface area contributed by atoms with Crippen LogP contribution >= 0.6 is 0 Å². The maximum atomic E-state index is 15.2. The second-order valence-electron chi connectivity index (χ2n) is 10.1. The Hall–Kier alpha value is -4.14. The number of allylic oxidation sites excluding steroid dienone is 2. The summed E-state index contributed by atoms with van der Waals surface area (Å²) in [5.74, 6) is -10.0. The van der Waals surface area contributed by atoms with Crippen molar-refractivity contribution < 1.29 is 26.9 Å². The molecule has 4 aromatic rings. The molecule has 0 aliphatic carbocycles. The Bertz CT molecular complexity index is 1730. The molecule has 40 heavy (non-hydrogen) atoms. The van der Waals surface area contributed by atoms with Crippen LogP contribution in [0.5, 0.6) is 0 Å². The third-order valence-corrected chi connectivity index (χ3v) is 7.80. The van der Waals surface area contributed by atoms with E-state index >= 15 is 8.78 Å². The average Bonchev–Trinajstić information content (AvgIpc) is 3.71. The number of aromatic nitrogens is 3. The first kappa shape index (κ1) is 27.4. The third kappa shape index (κ3) is 4.15. The van der Waals surface area contributed by atoms with E-state index in [4.69, 9.17) is 0 Å². The fraction of sp³-hybridized carbons (Fsp3) is 0.258. The van der Waals surface area contributed by atoms with E-state index in [2.05, 4.69) is 19.9 Å². The van der Waals surface area contributed by atoms with Gasteiger partial charge in [0.1, 0.15) is 5.69 Å². The number of aryl methyl sites for hydroxylation is 2. The van der Waals surface area contributed by atoms with E-state index in [1.54, 1.807) is 24.3 Å². The minimum absolute atomic E-state index is 0.182. The Balaban J connectivity index is 1.76. The predicted octanol–water partition coefficient (Wildman–Crippen LogP) is 6.29. The van der Waals surface area contributed by atoms with E-state index in [0.717, 1.165) is 57.9 Å². The van der Waals surface area contributed by atoms with Gasteiger partial charge in [-0.25, -0.2) is 26.9 Å². The summed E-state index contributed by atoms with van der Waals surface area (Å²) >= 11 is 0. The SMILES string of the molecule is CCc1c(C)[nH]c(C2=[NH+]/C(=C(\c3ccc(-c4[nH]c(C)c(CC)c4C)[nH]3)c3c(F)c(F)c(F)c(F)c3F)C=C2)c1C. The molecule has 3 aromatic heterocycles. The summed E-state index contributed by atoms with van der Waals surface area (Å²) in [7, 11) is 0. The van der Waals surface area contributed by atoms with Crippen LogP contribution in [0.2, 0.25) is 0 Å². The summed E-state index contributed by atoms with van der Waals surface area (Å²) in [6, 6.07) is 3.29. The number of halogens is 5. The van der Waals surface area contributed by atoms with Crippen LogP contribution < -0.4 is 4.99 Å². The van der Waals surface area contributed by atoms with Crippen LogP contribution in [0, 0.1) is 56.8 Å². The van der Waals surface area contributed by atoms with Crippen molar-refractivity contribution in [2.75, 3.05) is 0 Å². The molecule has 0 unspecified atom stereocenters. The van der Waals surface area contributed by atoms with Gasteiger partial charge in [0.15, 0.2) is 23.3 Å². The first-order valence-electron chi connectivity index (χ1n) is 13.1. The highest BCUT2D eigenvalue weighted by Crippen LogP contribution is 2.36. The smallest absolute Gasteiger partial charge is 0.228 e. The van der Waals surface area contributed by atoms with Gasteiger partial charge in [0, 0.05) is 23.5 Å². The highest BCUT2D eigenvalue weighted by Gasteiger charge is 2.33. The molecule has 0 amide bonds. The summed E-state index contributed by atoms with van der Waals surface area (Å²) < 4.78 is 73.3. The van der Waals surface area contributed by atoms with E-state index in [-0.39, 0.29) is 17.0 Å². The summed E-state index contributed by atoms with van der Waals surface area (Å²) in [5.41, 5.74) is 8.28. The van der Waals surface area contributed by atoms with Gasteiger partial charge >= 0.3 is 0 Å². The molecule has 1 aliphatic heterocycles. The molecule has 0 radical (unpaired) electrons. The van der Waals surface area contributed by atoms with Gasteiger partial charge in [0.25, 0.3) is 0 Å². The predicted molar refractivity (Wildman–Crippen MR) is 146 cm³/mol. The second-order valence-corrected chi connectivity index (χ2v) is 10.1. The van der Waals surface area contributed by atoms with Crippen molar-refractivity contribution in [3.05, 3.63) is 110 Å². The van der Waals surface area contributed by atoms with Gasteiger partial charge in [-0.05, 0) is 74.9 Å². The number of rotatable bonds is 6. The molecule has 0 atom stereocenters. The molecule has 0 spiro atoms. The van der Waals surface area contributed by atoms with E-state index in [1.165, 1.54) is 0 Å². The topological polar surface area (TPSA) is 61.3 Å². The van der Waals surface area contributed by atoms with Gasteiger partial charge in [-0.1, -0.05) is 13.8 Å². The highest BCUT2D eigenvalue weighted by atomic mass is 19.2. The van der Waals surface area contributed by atoms with E-state index < -0.39 is 34.6 Å². The number of nitrogens with one attached hydrogen (secondary N) is 4. The summed E-state index contributed by atoms with van der Waals surface area (Å²) in [4.78, 5) is 13.0. The lowest BCUT2D eigenvalue weighted by Crippen LogP contribution is -2.68. The molecule has 1 aliphatic rings. The van der Waals surface area contributed by atoms with Gasteiger partial charge in [0.2, 0.25) is 17.2 Å². The number of H-pyrrole nitrogens is 3. The van der Waals surface area contributed by atoms with Crippen LogP contribution in [0.3, 0.4) is 0 Å². The molecular weight excluding hydrogens is 523 g/mol. The third-order valence-electron chi connectivity index (χ3n) is 7.80. The van der Waals surface area contributed by atoms with Gasteiger partial charge in [-0.3, -0.25) is 0 Å². The number of hydrogen-bond donors (Lipinski definition) is 4. The Morgan fingerprint density at radius 3 is 1.75 bits per heavy atom. The van der Waals surface area contributed by atoms with Gasteiger partial charge in [-0.2, -0.15) is 0 Å². The Morgan fingerprint density at radius 2 is 1.20 bits per heavy atom. The Labute approximate surface area is 228 Å². The zero-order valence-corrected chi connectivity index (χ0v) is 23.1. The van der Waals surface area contributed by atoms with E-state index in [1.807, 2.05) is 41.5 Å². The fourth-order valence-electron chi connectivity index (χ4n) is 5.79. The fourth-order valence-corrected chi connectivity index (χ4v) is 5.79. The monoisotopic (exact) mass is 553 g/mol. The summed E-state index contributed by atoms with van der Waals surface area (Å²) in [5, 5.41) is 0. The molecule has 0 bridgehead atoms. The van der Waals surface area contributed by atoms with E-state index in [0.29, 0.717) is 11.4 Å². The van der Waals surface area contributed by atoms with Crippen LogP contribution in [0.1, 0.15) is 64.4 Å². The zero-order chi connectivity index (χ0) is 29.0. The van der Waals surface area contributed by atoms with E-state index in [9.17, 15) is 13.2 Å². The zero-order valence-electron chi connectivity index (χ0n) is 23.1. The lowest BCUT2D eigenvalue weighted by Gasteiger charge is -2.11. The van der Waals surface area contributed by atoms with Crippen molar-refractivity contribution in [3.8, 4) is 11.4 Å². The van der Waals surface area contributed by atoms with Gasteiger partial charge < -0.3 is 15.0 Å². The average molecular weight is 554 g/mol. The van der Waals surface area contributed by atoms with Crippen molar-refractivity contribution in [2.24, 2.45) is 0 Å². The quantitative estimate of drug-likeness (QED) is 0.123. The van der Waals surface area contributed by atoms with Crippen molar-refractivity contribution >= 4 is 11.3 Å². The number of hydrogen-bond acceptors (Lipinski definition) is 0. The molecule has 9 heteroatoms. The first-order valence-corrected chi connectivity index (χ1v) is 13.1. The molecular formula is C31H30F5N4+. The standard InChI is InChI=1S/C31H29F5N4/c1-7-17-13(3)30(37-15(17)5)21-11-9-19(39-21)23(24-25(32)27(34)29(36)28(35)26(24)33)20-10-12-22(40-20)31-14(4)18(8-2)16(6)38-31/h9-12,37-39H,7-8H2,1-6H3/p+1/b23-20+. The Kier molecular flexibility index (Phi) is 6.94. The van der Waals surface area contributed by atoms with Crippen molar-refractivity contribution in [1.82, 2.24) is 15.0 Å². The largest absolute Gasteiger partial charge is 0.357 e. The first-order chi connectivity index (χ1) is 19.0. The van der Waals surface area contributed by atoms with Crippen LogP contribution in [0.4, 0.5) is 22.0 Å². The van der Waals surface area contributed by atoms with Crippen LogP contribution in [-0.2, 0) is 12.8 Å². The maximum absolute atomic E-state index is 15.2. The van der Waals surface area contributed by atoms with Crippen LogP contribution in [0.25, 0.3) is 17.0 Å². The van der Waals surface area contributed by atoms with Crippen LogP contribution in [-0.4, -0.2) is 20.7 Å². The molecule has 0 saturated carbocycles. The molecule has 0 fully saturated rings. The normalized spacial score (nSPS) is 14.4. The van der Waals surface area contributed by atoms with Crippen LogP contribution in [0.15, 0.2) is 30.0 Å². The number of benzene rings is 1. The molecule has 4 heterocycles. The lowest BCUT2D eigenvalue weighted by molar-refractivity contribution is -0.384. The Morgan fingerprint density at radius 1 is 0.675 bits per heavy atom. The maximum Gasteiger partial charge on any atom is 0.228 e. The second kappa shape index (κ2) is 10.1. The van der Waals surface area contributed by atoms with Crippen molar-refractivity contribution in [1.29, 1.82) is 0 Å². The molecule has 0 saturated heterocycles. The lowest BCUT2D eigenvalue weighted by atomic mass is 9.98. The van der Waals surface area contributed by atoms with Gasteiger partial charge in [-0.15, -0.1) is 0 Å². The minimum Gasteiger partial charge on any atom is -0.357 e. The van der Waals surface area contributed by atoms with Crippen molar-refractivity contribution in [3.63, 3.8) is 0 Å². The molecule has 5 rings (SSSR count). The molecule has 1 aromatic carbocycles. The molecule has 4 nitrogen and oxygen atoms in total. The summed E-state index contributed by atoms with van der Waals surface area (Å²) in [6.45, 7) is 11.9. The minimum atomic E-state index is -2.20. The van der Waals surface area contributed by atoms with Crippen molar-refractivity contribution in [2.45, 2.75) is 54.4 Å². The van der Waals surface area contributed by atoms with Gasteiger partial charge in [0.05, 0.1) is 28.2 Å². The highest BCUT2D eigenvalue weighted by molar-refractivity contribution is 6.07.